The van der Waals surface area contributed by atoms with Gasteiger partial charge in [-0.15, -0.1) is 0 Å². The van der Waals surface area contributed by atoms with E-state index in [1.54, 1.807) is 18.3 Å². The van der Waals surface area contributed by atoms with Gasteiger partial charge in [-0.3, -0.25) is 4.99 Å². The van der Waals surface area contributed by atoms with Gasteiger partial charge in [0.25, 0.3) is 0 Å². The lowest BCUT2D eigenvalue weighted by molar-refractivity contribution is 0.471. The van der Waals surface area contributed by atoms with E-state index >= 15 is 0 Å². The van der Waals surface area contributed by atoms with Crippen molar-refractivity contribution in [1.82, 2.24) is 4.98 Å². The van der Waals surface area contributed by atoms with Gasteiger partial charge in [-0.2, -0.15) is 0 Å². The first-order valence-electron chi connectivity index (χ1n) is 8.19. The Balaban J connectivity index is 1.68. The zero-order chi connectivity index (χ0) is 19.0. The highest BCUT2D eigenvalue weighted by molar-refractivity contribution is 9.11. The number of phenolic OH excluding ortho intramolecular Hbond substituents is 1. The molecule has 0 bridgehead atoms. The Bertz CT molecular complexity index is 1180. The van der Waals surface area contributed by atoms with Crippen molar-refractivity contribution in [3.05, 3.63) is 74.7 Å². The zero-order valence-corrected chi connectivity index (χ0v) is 17.5. The fourth-order valence-corrected chi connectivity index (χ4v) is 3.98. The van der Waals surface area contributed by atoms with Crippen LogP contribution in [0.3, 0.4) is 0 Å². The van der Waals surface area contributed by atoms with Crippen LogP contribution in [0.15, 0.2) is 73.0 Å². The quantitative estimate of drug-likeness (QED) is 0.325. The Morgan fingerprint density at radius 2 is 1.93 bits per heavy atom. The molecule has 0 unspecified atom stereocenters. The molecule has 0 saturated carbocycles. The number of oxazole rings is 1. The van der Waals surface area contributed by atoms with Crippen molar-refractivity contribution in [2.24, 2.45) is 4.99 Å². The van der Waals surface area contributed by atoms with Crippen molar-refractivity contribution in [1.29, 1.82) is 0 Å². The van der Waals surface area contributed by atoms with Crippen LogP contribution in [0.25, 0.3) is 22.6 Å². The molecule has 0 atom stereocenters. The second-order valence-electron chi connectivity index (χ2n) is 6.12. The van der Waals surface area contributed by atoms with Gasteiger partial charge < -0.3 is 9.52 Å². The van der Waals surface area contributed by atoms with Crippen LogP contribution in [0.4, 0.5) is 5.69 Å². The largest absolute Gasteiger partial charge is 0.506 e. The Hall–Kier alpha value is -2.44. The molecule has 27 heavy (non-hydrogen) atoms. The predicted octanol–water partition coefficient (Wildman–Crippen LogP) is 6.78. The highest BCUT2D eigenvalue weighted by atomic mass is 79.9. The third-order valence-electron chi connectivity index (χ3n) is 4.05. The number of aromatic hydroxyl groups is 1. The van der Waals surface area contributed by atoms with Crippen molar-refractivity contribution < 1.29 is 9.52 Å². The summed E-state index contributed by atoms with van der Waals surface area (Å²) in [5.41, 5.74) is 4.86. The molecule has 4 nitrogen and oxygen atoms in total. The second-order valence-corrected chi connectivity index (χ2v) is 7.89. The molecule has 1 N–H and O–H groups in total. The van der Waals surface area contributed by atoms with E-state index < -0.39 is 0 Å². The van der Waals surface area contributed by atoms with Crippen LogP contribution in [0, 0.1) is 6.92 Å². The molecule has 1 heterocycles. The molecule has 4 aromatic rings. The Kier molecular flexibility index (Phi) is 4.85. The first kappa shape index (κ1) is 17.9. The molecule has 0 aliphatic carbocycles. The Labute approximate surface area is 172 Å². The van der Waals surface area contributed by atoms with Gasteiger partial charge in [-0.25, -0.2) is 4.98 Å². The summed E-state index contributed by atoms with van der Waals surface area (Å²) >= 11 is 6.73. The fraction of sp³-hybridized carbons (Fsp3) is 0.0476. The zero-order valence-electron chi connectivity index (χ0n) is 14.3. The minimum Gasteiger partial charge on any atom is -0.506 e. The lowest BCUT2D eigenvalue weighted by Gasteiger charge is -2.02. The standard InChI is InChI=1S/C21H14Br2N2O2/c1-12-3-2-4-13(7-12)21-25-18-6-5-16(10-19(18)27-21)24-11-14-8-15(22)9-17(23)20(14)26/h2-11,26H,1H3. The maximum Gasteiger partial charge on any atom is 0.227 e. The summed E-state index contributed by atoms with van der Waals surface area (Å²) in [4.78, 5) is 9.00. The highest BCUT2D eigenvalue weighted by Gasteiger charge is 2.09. The minimum absolute atomic E-state index is 0.143. The third-order valence-corrected chi connectivity index (χ3v) is 5.11. The number of nitrogens with zero attached hydrogens (tertiary/aromatic N) is 2. The SMILES string of the molecule is Cc1cccc(-c2nc3ccc(N=Cc4cc(Br)cc(Br)c4O)cc3o2)c1. The van der Waals surface area contributed by atoms with Gasteiger partial charge in [-0.05, 0) is 59.3 Å². The Morgan fingerprint density at radius 3 is 2.74 bits per heavy atom. The summed E-state index contributed by atoms with van der Waals surface area (Å²) in [5, 5.41) is 10.1. The van der Waals surface area contributed by atoms with Crippen LogP contribution in [-0.4, -0.2) is 16.3 Å². The molecule has 0 amide bonds. The maximum atomic E-state index is 10.1. The van der Waals surface area contributed by atoms with Gasteiger partial charge in [0.2, 0.25) is 5.89 Å². The average Bonchev–Trinajstić information content (AvgIpc) is 3.07. The van der Waals surface area contributed by atoms with Crippen LogP contribution in [0.2, 0.25) is 0 Å². The lowest BCUT2D eigenvalue weighted by atomic mass is 10.1. The summed E-state index contributed by atoms with van der Waals surface area (Å²) in [6.07, 6.45) is 1.61. The summed E-state index contributed by atoms with van der Waals surface area (Å²) in [6.45, 7) is 2.04. The monoisotopic (exact) mass is 484 g/mol. The number of fused-ring (bicyclic) bond motifs is 1. The summed E-state index contributed by atoms with van der Waals surface area (Å²) in [7, 11) is 0. The molecule has 6 heteroatoms. The summed E-state index contributed by atoms with van der Waals surface area (Å²) < 4.78 is 7.37. The molecular formula is C21H14Br2N2O2. The maximum absolute atomic E-state index is 10.1. The number of hydrogen-bond acceptors (Lipinski definition) is 4. The van der Waals surface area contributed by atoms with Gasteiger partial charge in [0.15, 0.2) is 5.58 Å². The van der Waals surface area contributed by atoms with E-state index in [0.717, 1.165) is 21.1 Å². The van der Waals surface area contributed by atoms with Crippen molar-refractivity contribution in [2.75, 3.05) is 0 Å². The van der Waals surface area contributed by atoms with Crippen molar-refractivity contribution in [3.8, 4) is 17.2 Å². The molecule has 0 aliphatic heterocycles. The second kappa shape index (κ2) is 7.29. The Morgan fingerprint density at radius 1 is 1.07 bits per heavy atom. The first-order valence-corrected chi connectivity index (χ1v) is 9.78. The third kappa shape index (κ3) is 3.82. The number of aliphatic imine (C=N–C) groups is 1. The molecule has 4 rings (SSSR count). The van der Waals surface area contributed by atoms with Crippen LogP contribution in [0.5, 0.6) is 5.75 Å². The normalized spacial score (nSPS) is 11.5. The van der Waals surface area contributed by atoms with Gasteiger partial charge in [0.1, 0.15) is 11.3 Å². The van der Waals surface area contributed by atoms with Crippen LogP contribution in [-0.2, 0) is 0 Å². The van der Waals surface area contributed by atoms with E-state index in [1.807, 2.05) is 49.4 Å². The number of phenols is 1. The van der Waals surface area contributed by atoms with Crippen LogP contribution in [0.1, 0.15) is 11.1 Å². The number of rotatable bonds is 3. The van der Waals surface area contributed by atoms with E-state index in [-0.39, 0.29) is 5.75 Å². The lowest BCUT2D eigenvalue weighted by Crippen LogP contribution is -1.84. The molecule has 134 valence electrons. The van der Waals surface area contributed by atoms with E-state index in [0.29, 0.717) is 27.2 Å². The number of halogens is 2. The molecule has 3 aromatic carbocycles. The topological polar surface area (TPSA) is 58.6 Å². The van der Waals surface area contributed by atoms with Crippen LogP contribution < -0.4 is 0 Å². The fourth-order valence-electron chi connectivity index (χ4n) is 2.72. The summed E-state index contributed by atoms with van der Waals surface area (Å²) in [5.74, 6) is 0.729. The number of hydrogen-bond donors (Lipinski definition) is 1. The molecule has 0 radical (unpaired) electrons. The molecule has 0 saturated heterocycles. The van der Waals surface area contributed by atoms with Gasteiger partial charge >= 0.3 is 0 Å². The molecule has 0 fully saturated rings. The van der Waals surface area contributed by atoms with Gasteiger partial charge in [-0.1, -0.05) is 33.6 Å². The van der Waals surface area contributed by atoms with Gasteiger partial charge in [0, 0.05) is 27.9 Å². The molecule has 1 aromatic heterocycles. The predicted molar refractivity (Wildman–Crippen MR) is 115 cm³/mol. The van der Waals surface area contributed by atoms with Crippen molar-refractivity contribution >= 4 is 54.9 Å². The van der Waals surface area contributed by atoms with Crippen molar-refractivity contribution in [2.45, 2.75) is 6.92 Å². The molecule has 0 spiro atoms. The van der Waals surface area contributed by atoms with E-state index in [1.165, 1.54) is 0 Å². The average molecular weight is 486 g/mol. The summed E-state index contributed by atoms with van der Waals surface area (Å²) in [6, 6.07) is 17.2. The minimum atomic E-state index is 0.143. The van der Waals surface area contributed by atoms with Gasteiger partial charge in [0.05, 0.1) is 10.2 Å². The first-order chi connectivity index (χ1) is 13.0. The van der Waals surface area contributed by atoms with Crippen molar-refractivity contribution in [3.63, 3.8) is 0 Å². The van der Waals surface area contributed by atoms with Crippen LogP contribution >= 0.6 is 31.9 Å². The highest BCUT2D eigenvalue weighted by Crippen LogP contribution is 2.32. The van der Waals surface area contributed by atoms with E-state index in [9.17, 15) is 5.11 Å². The smallest absolute Gasteiger partial charge is 0.227 e. The number of aryl methyl sites for hydroxylation is 1. The molecule has 0 aliphatic rings. The molecular weight excluding hydrogens is 472 g/mol. The number of benzene rings is 3. The number of aromatic nitrogens is 1. The van der Waals surface area contributed by atoms with E-state index in [2.05, 4.69) is 41.8 Å². The van der Waals surface area contributed by atoms with E-state index in [4.69, 9.17) is 4.42 Å².